The van der Waals surface area contributed by atoms with Crippen molar-refractivity contribution in [2.45, 2.75) is 52.5 Å². The Morgan fingerprint density at radius 3 is 2.70 bits per heavy atom. The summed E-state index contributed by atoms with van der Waals surface area (Å²) in [6, 6.07) is 5.29. The van der Waals surface area contributed by atoms with E-state index in [9.17, 15) is 14.4 Å². The van der Waals surface area contributed by atoms with Crippen LogP contribution in [0, 0.1) is 5.41 Å². The van der Waals surface area contributed by atoms with Gasteiger partial charge in [0.2, 0.25) is 0 Å². The summed E-state index contributed by atoms with van der Waals surface area (Å²) in [6.45, 7) is 6.29. The minimum Gasteiger partial charge on any atom is -0.357 e. The summed E-state index contributed by atoms with van der Waals surface area (Å²) >= 11 is 0. The Bertz CT molecular complexity index is 1030. The highest BCUT2D eigenvalue weighted by atomic mass is 16.2. The van der Waals surface area contributed by atoms with Gasteiger partial charge >= 0.3 is 0 Å². The summed E-state index contributed by atoms with van der Waals surface area (Å²) in [5.41, 5.74) is 1.33. The summed E-state index contributed by atoms with van der Waals surface area (Å²) < 4.78 is 0. The Labute approximate surface area is 175 Å². The van der Waals surface area contributed by atoms with Crippen molar-refractivity contribution in [2.24, 2.45) is 5.41 Å². The number of rotatable bonds is 4. The number of nitrogens with zero attached hydrogens (tertiary/aromatic N) is 2. The third-order valence-corrected chi connectivity index (χ3v) is 5.91. The molecule has 2 aliphatic rings. The number of fused-ring (bicyclic) bond motifs is 1. The molecule has 7 nitrogen and oxygen atoms in total. The Balaban J connectivity index is 1.48. The first kappa shape index (κ1) is 20.3. The molecule has 2 N–H and O–H groups in total. The van der Waals surface area contributed by atoms with Crippen LogP contribution in [-0.2, 0) is 13.0 Å². The number of anilines is 1. The molecule has 0 unspecified atom stereocenters. The van der Waals surface area contributed by atoms with Gasteiger partial charge in [-0.05, 0) is 54.9 Å². The van der Waals surface area contributed by atoms with Crippen LogP contribution < -0.4 is 15.8 Å². The number of piperidine rings is 1. The molecule has 30 heavy (non-hydrogen) atoms. The van der Waals surface area contributed by atoms with Gasteiger partial charge in [-0.1, -0.05) is 13.8 Å². The molecule has 0 aromatic carbocycles. The molecule has 158 valence electrons. The molecule has 0 bridgehead atoms. The van der Waals surface area contributed by atoms with Gasteiger partial charge < -0.3 is 15.2 Å². The van der Waals surface area contributed by atoms with Crippen molar-refractivity contribution >= 4 is 17.5 Å². The zero-order valence-corrected chi connectivity index (χ0v) is 17.6. The second-order valence-corrected chi connectivity index (χ2v) is 9.10. The first-order chi connectivity index (χ1) is 14.3. The fourth-order valence-corrected chi connectivity index (χ4v) is 4.34. The fourth-order valence-electron chi connectivity index (χ4n) is 4.34. The molecule has 0 atom stereocenters. The number of Topliss-reactive ketones (excluding diaryl/α,β-unsaturated/α-hetero) is 1. The molecule has 0 spiro atoms. The standard InChI is InChI=1S/C23H28N4O3/c1-23(2)12-18-16(19(28)13-23)11-17(22(30)26-18)21(29)25-14-15-6-7-24-20(10-15)27-8-4-3-5-9-27/h6-7,10-11H,3-5,8-9,12-14H2,1-2H3,(H,25,29)(H,26,30). The highest BCUT2D eigenvalue weighted by Gasteiger charge is 2.32. The van der Waals surface area contributed by atoms with Crippen LogP contribution in [0.2, 0.25) is 0 Å². The third-order valence-electron chi connectivity index (χ3n) is 5.91. The van der Waals surface area contributed by atoms with E-state index < -0.39 is 11.5 Å². The number of hydrogen-bond donors (Lipinski definition) is 2. The smallest absolute Gasteiger partial charge is 0.261 e. The van der Waals surface area contributed by atoms with Crippen molar-refractivity contribution in [3.05, 3.63) is 57.1 Å². The van der Waals surface area contributed by atoms with Crippen molar-refractivity contribution < 1.29 is 9.59 Å². The molecule has 1 aliphatic carbocycles. The van der Waals surface area contributed by atoms with E-state index in [1.165, 1.54) is 25.3 Å². The van der Waals surface area contributed by atoms with Gasteiger partial charge in [0.05, 0.1) is 0 Å². The van der Waals surface area contributed by atoms with Crippen LogP contribution in [0.1, 0.15) is 71.5 Å². The molecular formula is C23H28N4O3. The third kappa shape index (κ3) is 4.30. The number of amides is 1. The largest absolute Gasteiger partial charge is 0.357 e. The molecular weight excluding hydrogens is 380 g/mol. The summed E-state index contributed by atoms with van der Waals surface area (Å²) in [5.74, 6) is 0.404. The van der Waals surface area contributed by atoms with Gasteiger partial charge in [-0.2, -0.15) is 0 Å². The first-order valence-corrected chi connectivity index (χ1v) is 10.6. The van der Waals surface area contributed by atoms with E-state index in [1.807, 2.05) is 26.0 Å². The monoisotopic (exact) mass is 408 g/mol. The highest BCUT2D eigenvalue weighted by molar-refractivity contribution is 6.02. The lowest BCUT2D eigenvalue weighted by molar-refractivity contribution is 0.0910. The molecule has 4 rings (SSSR count). The number of nitrogens with one attached hydrogen (secondary N) is 2. The molecule has 2 aromatic rings. The topological polar surface area (TPSA) is 95.2 Å². The van der Waals surface area contributed by atoms with E-state index in [0.29, 0.717) is 30.6 Å². The number of carbonyl (C=O) groups excluding carboxylic acids is 2. The Kier molecular flexibility index (Phi) is 5.45. The maximum Gasteiger partial charge on any atom is 0.261 e. The lowest BCUT2D eigenvalue weighted by Gasteiger charge is -2.29. The lowest BCUT2D eigenvalue weighted by atomic mass is 9.75. The van der Waals surface area contributed by atoms with Gasteiger partial charge in [0, 0.05) is 43.5 Å². The number of pyridine rings is 2. The minimum atomic E-state index is -0.479. The lowest BCUT2D eigenvalue weighted by Crippen LogP contribution is -2.34. The Hall–Kier alpha value is -2.96. The van der Waals surface area contributed by atoms with Crippen LogP contribution in [0.15, 0.2) is 29.2 Å². The molecule has 7 heteroatoms. The van der Waals surface area contributed by atoms with Gasteiger partial charge in [0.15, 0.2) is 5.78 Å². The number of aromatic amines is 1. The van der Waals surface area contributed by atoms with Crippen LogP contribution in [0.5, 0.6) is 0 Å². The SMILES string of the molecule is CC1(C)CC(=O)c2cc(C(=O)NCc3ccnc(N4CCCCC4)c3)c(=O)[nH]c2C1. The van der Waals surface area contributed by atoms with E-state index in [-0.39, 0.29) is 16.8 Å². The predicted molar refractivity (Wildman–Crippen MR) is 115 cm³/mol. The minimum absolute atomic E-state index is 0.0212. The van der Waals surface area contributed by atoms with Crippen molar-refractivity contribution in [3.63, 3.8) is 0 Å². The number of hydrogen-bond acceptors (Lipinski definition) is 5. The molecule has 3 heterocycles. The average molecular weight is 409 g/mol. The van der Waals surface area contributed by atoms with E-state index in [4.69, 9.17) is 0 Å². The number of aromatic nitrogens is 2. The maximum absolute atomic E-state index is 12.7. The van der Waals surface area contributed by atoms with E-state index in [1.54, 1.807) is 6.20 Å². The van der Waals surface area contributed by atoms with Crippen molar-refractivity contribution in [1.29, 1.82) is 0 Å². The summed E-state index contributed by atoms with van der Waals surface area (Å²) in [6.07, 6.45) is 6.35. The van der Waals surface area contributed by atoms with Crippen LogP contribution in [-0.4, -0.2) is 34.7 Å². The van der Waals surface area contributed by atoms with Crippen molar-refractivity contribution in [3.8, 4) is 0 Å². The first-order valence-electron chi connectivity index (χ1n) is 10.6. The van der Waals surface area contributed by atoms with E-state index in [2.05, 4.69) is 20.2 Å². The summed E-state index contributed by atoms with van der Waals surface area (Å²) in [7, 11) is 0. The molecule has 0 saturated carbocycles. The van der Waals surface area contributed by atoms with Crippen LogP contribution in [0.3, 0.4) is 0 Å². The van der Waals surface area contributed by atoms with Crippen molar-refractivity contribution in [2.75, 3.05) is 18.0 Å². The summed E-state index contributed by atoms with van der Waals surface area (Å²) in [5, 5.41) is 2.81. The molecule has 1 aliphatic heterocycles. The second-order valence-electron chi connectivity index (χ2n) is 9.10. The number of H-pyrrole nitrogens is 1. The Morgan fingerprint density at radius 2 is 1.93 bits per heavy atom. The van der Waals surface area contributed by atoms with Crippen LogP contribution >= 0.6 is 0 Å². The van der Waals surface area contributed by atoms with Gasteiger partial charge in [-0.15, -0.1) is 0 Å². The Morgan fingerprint density at radius 1 is 1.17 bits per heavy atom. The van der Waals surface area contributed by atoms with Gasteiger partial charge in [-0.3, -0.25) is 14.4 Å². The molecule has 1 saturated heterocycles. The quantitative estimate of drug-likeness (QED) is 0.811. The van der Waals surface area contributed by atoms with Gasteiger partial charge in [0.25, 0.3) is 11.5 Å². The fraction of sp³-hybridized carbons (Fsp3) is 0.478. The number of ketones is 1. The zero-order chi connectivity index (χ0) is 21.3. The normalized spacial score (nSPS) is 18.1. The summed E-state index contributed by atoms with van der Waals surface area (Å²) in [4.78, 5) is 47.1. The van der Waals surface area contributed by atoms with Crippen LogP contribution in [0.25, 0.3) is 0 Å². The van der Waals surface area contributed by atoms with E-state index in [0.717, 1.165) is 24.5 Å². The highest BCUT2D eigenvalue weighted by Crippen LogP contribution is 2.33. The average Bonchev–Trinajstić information content (AvgIpc) is 2.71. The van der Waals surface area contributed by atoms with Gasteiger partial charge in [-0.25, -0.2) is 4.98 Å². The van der Waals surface area contributed by atoms with E-state index >= 15 is 0 Å². The van der Waals surface area contributed by atoms with Crippen molar-refractivity contribution in [1.82, 2.24) is 15.3 Å². The zero-order valence-electron chi connectivity index (χ0n) is 17.6. The maximum atomic E-state index is 12.7. The van der Waals surface area contributed by atoms with Crippen LogP contribution in [0.4, 0.5) is 5.82 Å². The number of carbonyl (C=O) groups is 2. The van der Waals surface area contributed by atoms with Gasteiger partial charge in [0.1, 0.15) is 11.4 Å². The molecule has 1 amide bonds. The molecule has 2 aromatic heterocycles. The second kappa shape index (κ2) is 8.05. The molecule has 0 radical (unpaired) electrons. The molecule has 1 fully saturated rings. The predicted octanol–water partition coefficient (Wildman–Crippen LogP) is 2.85.